The second kappa shape index (κ2) is 9.43. The lowest BCUT2D eigenvalue weighted by Gasteiger charge is -2.16. The summed E-state index contributed by atoms with van der Waals surface area (Å²) in [6, 6.07) is 17.6. The summed E-state index contributed by atoms with van der Waals surface area (Å²) in [7, 11) is 6.87. The Morgan fingerprint density at radius 2 is 1.55 bits per heavy atom. The number of likely N-dealkylation sites (N-methyl/N-ethyl adjacent to an activating group) is 1. The third-order valence-corrected chi connectivity index (χ3v) is 5.01. The summed E-state index contributed by atoms with van der Waals surface area (Å²) in [4.78, 5) is 14.8. The Bertz CT molecular complexity index is 999. The number of fused-ring (bicyclic) bond motifs is 1. The highest BCUT2D eigenvalue weighted by molar-refractivity contribution is 6.01. The Labute approximate surface area is 171 Å². The van der Waals surface area contributed by atoms with E-state index in [0.29, 0.717) is 12.3 Å². The molecule has 0 aromatic heterocycles. The van der Waals surface area contributed by atoms with E-state index in [0.717, 1.165) is 46.4 Å². The molecule has 0 amide bonds. The lowest BCUT2D eigenvalue weighted by molar-refractivity contribution is 0.0947. The van der Waals surface area contributed by atoms with Crippen LogP contribution in [0.2, 0.25) is 0 Å². The fourth-order valence-corrected chi connectivity index (χ4v) is 3.30. The summed E-state index contributed by atoms with van der Waals surface area (Å²) in [6.45, 7) is 1.14. The smallest absolute Gasteiger partial charge is 0.176 e. The van der Waals surface area contributed by atoms with Crippen molar-refractivity contribution in [1.82, 2.24) is 4.90 Å². The second-order valence-corrected chi connectivity index (χ2v) is 7.03. The monoisotopic (exact) mass is 393 g/mol. The third-order valence-electron chi connectivity index (χ3n) is 5.01. The van der Waals surface area contributed by atoms with Gasteiger partial charge >= 0.3 is 0 Å². The molecule has 0 N–H and O–H groups in total. The van der Waals surface area contributed by atoms with E-state index in [2.05, 4.69) is 0 Å². The van der Waals surface area contributed by atoms with Crippen LogP contribution in [0.5, 0.6) is 17.2 Å². The van der Waals surface area contributed by atoms with E-state index in [1.807, 2.05) is 66.5 Å². The average Bonchev–Trinajstić information content (AvgIpc) is 2.76. The zero-order valence-electron chi connectivity index (χ0n) is 17.4. The SMILES string of the molecule is COc1ccc2cc(C(=O)CN(C)CCc3ccc(OC)c(OC)c3)ccc2c1. The first-order valence-corrected chi connectivity index (χ1v) is 9.54. The standard InChI is InChI=1S/C24H27NO4/c1-25(12-11-17-5-10-23(28-3)24(13-17)29-4)16-22(26)20-7-6-19-15-21(27-2)9-8-18(19)14-20/h5-10,13-15H,11-12,16H2,1-4H3. The van der Waals surface area contributed by atoms with Crippen molar-refractivity contribution in [3.05, 3.63) is 65.7 Å². The average molecular weight is 393 g/mol. The topological polar surface area (TPSA) is 48.0 Å². The minimum absolute atomic E-state index is 0.109. The molecule has 152 valence electrons. The number of rotatable bonds is 9. The highest BCUT2D eigenvalue weighted by Gasteiger charge is 2.11. The van der Waals surface area contributed by atoms with Crippen LogP contribution in [0.1, 0.15) is 15.9 Å². The number of carbonyl (C=O) groups excluding carboxylic acids is 1. The number of hydrogen-bond donors (Lipinski definition) is 0. The molecule has 0 heterocycles. The number of benzene rings is 3. The fourth-order valence-electron chi connectivity index (χ4n) is 3.30. The minimum Gasteiger partial charge on any atom is -0.497 e. The molecule has 0 aliphatic carbocycles. The largest absolute Gasteiger partial charge is 0.497 e. The molecule has 0 bridgehead atoms. The fraction of sp³-hybridized carbons (Fsp3) is 0.292. The Hall–Kier alpha value is -3.05. The van der Waals surface area contributed by atoms with Crippen molar-refractivity contribution in [3.8, 4) is 17.2 Å². The minimum atomic E-state index is 0.109. The van der Waals surface area contributed by atoms with Gasteiger partial charge in [0.2, 0.25) is 0 Å². The second-order valence-electron chi connectivity index (χ2n) is 7.03. The lowest BCUT2D eigenvalue weighted by atomic mass is 10.0. The van der Waals surface area contributed by atoms with E-state index >= 15 is 0 Å². The van der Waals surface area contributed by atoms with Crippen LogP contribution in [0, 0.1) is 0 Å². The number of carbonyl (C=O) groups is 1. The van der Waals surface area contributed by atoms with Crippen LogP contribution < -0.4 is 14.2 Å². The van der Waals surface area contributed by atoms with Gasteiger partial charge in [-0.3, -0.25) is 9.69 Å². The molecule has 0 fully saturated rings. The molecule has 3 aromatic rings. The predicted octanol–water partition coefficient (Wildman–Crippen LogP) is 4.22. The Kier molecular flexibility index (Phi) is 6.73. The van der Waals surface area contributed by atoms with E-state index in [1.165, 1.54) is 0 Å². The molecule has 0 aliphatic rings. The molecule has 0 spiro atoms. The van der Waals surface area contributed by atoms with Crippen molar-refractivity contribution in [2.75, 3.05) is 41.5 Å². The van der Waals surface area contributed by atoms with Crippen LogP contribution in [0.15, 0.2) is 54.6 Å². The van der Waals surface area contributed by atoms with Crippen molar-refractivity contribution >= 4 is 16.6 Å². The first-order chi connectivity index (χ1) is 14.0. The quantitative estimate of drug-likeness (QED) is 0.510. The zero-order valence-corrected chi connectivity index (χ0v) is 17.4. The van der Waals surface area contributed by atoms with Crippen LogP contribution in [0.4, 0.5) is 0 Å². The molecule has 5 nitrogen and oxygen atoms in total. The summed E-state index contributed by atoms with van der Waals surface area (Å²) >= 11 is 0. The molecular formula is C24H27NO4. The Morgan fingerprint density at radius 3 is 2.28 bits per heavy atom. The predicted molar refractivity (Wildman–Crippen MR) is 116 cm³/mol. The van der Waals surface area contributed by atoms with Gasteiger partial charge in [0, 0.05) is 12.1 Å². The van der Waals surface area contributed by atoms with Crippen molar-refractivity contribution in [1.29, 1.82) is 0 Å². The van der Waals surface area contributed by atoms with Gasteiger partial charge in [0.05, 0.1) is 27.9 Å². The molecule has 0 saturated carbocycles. The van der Waals surface area contributed by atoms with Crippen molar-refractivity contribution in [3.63, 3.8) is 0 Å². The van der Waals surface area contributed by atoms with Gasteiger partial charge in [0.1, 0.15) is 5.75 Å². The molecule has 0 aliphatic heterocycles. The number of ether oxygens (including phenoxy) is 3. The van der Waals surface area contributed by atoms with Crippen LogP contribution in [0.3, 0.4) is 0 Å². The van der Waals surface area contributed by atoms with Crippen LogP contribution in [0.25, 0.3) is 10.8 Å². The van der Waals surface area contributed by atoms with Gasteiger partial charge in [-0.05, 0) is 60.1 Å². The first kappa shape index (κ1) is 20.7. The van der Waals surface area contributed by atoms with Gasteiger partial charge in [0.15, 0.2) is 17.3 Å². The molecule has 3 rings (SSSR count). The highest BCUT2D eigenvalue weighted by Crippen LogP contribution is 2.27. The number of hydrogen-bond acceptors (Lipinski definition) is 5. The Balaban J connectivity index is 1.61. The van der Waals surface area contributed by atoms with E-state index in [-0.39, 0.29) is 5.78 Å². The van der Waals surface area contributed by atoms with Gasteiger partial charge in [-0.1, -0.05) is 24.3 Å². The van der Waals surface area contributed by atoms with E-state index in [4.69, 9.17) is 14.2 Å². The summed E-state index contributed by atoms with van der Waals surface area (Å²) in [5.74, 6) is 2.36. The van der Waals surface area contributed by atoms with Crippen LogP contribution in [-0.4, -0.2) is 52.1 Å². The van der Waals surface area contributed by atoms with Crippen molar-refractivity contribution in [2.24, 2.45) is 0 Å². The summed E-state index contributed by atoms with van der Waals surface area (Å²) < 4.78 is 15.9. The van der Waals surface area contributed by atoms with Gasteiger partial charge in [-0.2, -0.15) is 0 Å². The maximum Gasteiger partial charge on any atom is 0.176 e. The van der Waals surface area contributed by atoms with Crippen molar-refractivity contribution in [2.45, 2.75) is 6.42 Å². The van der Waals surface area contributed by atoms with E-state index in [9.17, 15) is 4.79 Å². The summed E-state index contributed by atoms with van der Waals surface area (Å²) in [6.07, 6.45) is 0.821. The number of Topliss-reactive ketones (excluding diaryl/α,β-unsaturated/α-hetero) is 1. The third kappa shape index (κ3) is 5.06. The Morgan fingerprint density at radius 1 is 0.828 bits per heavy atom. The molecule has 0 radical (unpaired) electrons. The van der Waals surface area contributed by atoms with Gasteiger partial charge in [0.25, 0.3) is 0 Å². The maximum atomic E-state index is 12.7. The number of nitrogens with zero attached hydrogens (tertiary/aromatic N) is 1. The number of ketones is 1. The lowest BCUT2D eigenvalue weighted by Crippen LogP contribution is -2.28. The van der Waals surface area contributed by atoms with Gasteiger partial charge in [-0.15, -0.1) is 0 Å². The van der Waals surface area contributed by atoms with E-state index in [1.54, 1.807) is 21.3 Å². The van der Waals surface area contributed by atoms with Gasteiger partial charge in [-0.25, -0.2) is 0 Å². The molecule has 5 heteroatoms. The summed E-state index contributed by atoms with van der Waals surface area (Å²) in [5, 5.41) is 2.09. The molecule has 3 aromatic carbocycles. The van der Waals surface area contributed by atoms with Crippen LogP contribution in [-0.2, 0) is 6.42 Å². The number of methoxy groups -OCH3 is 3. The molecule has 0 unspecified atom stereocenters. The van der Waals surface area contributed by atoms with Crippen molar-refractivity contribution < 1.29 is 19.0 Å². The zero-order chi connectivity index (χ0) is 20.8. The normalized spacial score (nSPS) is 10.9. The summed E-state index contributed by atoms with van der Waals surface area (Å²) in [5.41, 5.74) is 1.86. The molecule has 0 saturated heterocycles. The van der Waals surface area contributed by atoms with E-state index < -0.39 is 0 Å². The first-order valence-electron chi connectivity index (χ1n) is 9.54. The molecular weight excluding hydrogens is 366 g/mol. The highest BCUT2D eigenvalue weighted by atomic mass is 16.5. The van der Waals surface area contributed by atoms with Crippen LogP contribution >= 0.6 is 0 Å². The molecule has 0 atom stereocenters. The van der Waals surface area contributed by atoms with Gasteiger partial charge < -0.3 is 14.2 Å². The molecule has 29 heavy (non-hydrogen) atoms. The maximum absolute atomic E-state index is 12.7.